The second-order valence-corrected chi connectivity index (χ2v) is 11.9. The maximum absolute atomic E-state index is 12.1. The Labute approximate surface area is 272 Å². The summed E-state index contributed by atoms with van der Waals surface area (Å²) < 4.78 is 38.4. The molecule has 1 amide bonds. The second-order valence-electron chi connectivity index (χ2n) is 11.9. The Balaban J connectivity index is 1.55. The first-order valence-electron chi connectivity index (χ1n) is 15.1. The molecule has 14 N–H and O–H groups in total. The van der Waals surface area contributed by atoms with E-state index < -0.39 is 155 Å². The number of hydrogen-bond acceptors (Lipinski definition) is 21. The number of rotatable bonds is 11. The fourth-order valence-corrected chi connectivity index (χ4v) is 5.94. The minimum absolute atomic E-state index is 0.746. The van der Waals surface area contributed by atoms with Gasteiger partial charge in [-0.3, -0.25) is 4.79 Å². The molecule has 280 valence electrons. The molecular weight excluding hydrogens is 662 g/mol. The van der Waals surface area contributed by atoms with Crippen LogP contribution in [0.4, 0.5) is 0 Å². The normalized spacial score (nSPS) is 50.2. The van der Waals surface area contributed by atoms with Gasteiger partial charge in [-0.1, -0.05) is 0 Å². The van der Waals surface area contributed by atoms with E-state index in [0.717, 1.165) is 6.92 Å². The predicted molar refractivity (Wildman–Crippen MR) is 145 cm³/mol. The van der Waals surface area contributed by atoms with E-state index in [0.29, 0.717) is 0 Å². The van der Waals surface area contributed by atoms with Gasteiger partial charge in [0.25, 0.3) is 0 Å². The number of carbonyl (C=O) groups is 1. The van der Waals surface area contributed by atoms with Gasteiger partial charge in [0.2, 0.25) is 5.91 Å². The minimum atomic E-state index is -2.03. The largest absolute Gasteiger partial charge is 0.394 e. The molecule has 0 saturated carbocycles. The molecule has 0 aliphatic carbocycles. The number of nitrogens with one attached hydrogen (secondary N) is 1. The lowest BCUT2D eigenvalue weighted by Gasteiger charge is -2.49. The van der Waals surface area contributed by atoms with Crippen molar-refractivity contribution >= 4 is 5.91 Å². The Morgan fingerprint density at radius 1 is 0.500 bits per heavy atom. The van der Waals surface area contributed by atoms with Crippen LogP contribution in [0.3, 0.4) is 0 Å². The van der Waals surface area contributed by atoms with E-state index in [1.165, 1.54) is 0 Å². The average molecular weight is 708 g/mol. The van der Waals surface area contributed by atoms with Gasteiger partial charge in [0, 0.05) is 6.92 Å². The van der Waals surface area contributed by atoms with Crippen molar-refractivity contribution in [3.63, 3.8) is 0 Å². The van der Waals surface area contributed by atoms with Gasteiger partial charge in [-0.2, -0.15) is 0 Å². The summed E-state index contributed by atoms with van der Waals surface area (Å²) in [7, 11) is 0. The third-order valence-electron chi connectivity index (χ3n) is 8.61. The van der Waals surface area contributed by atoms with Gasteiger partial charge in [-0.05, 0) is 0 Å². The molecule has 1 unspecified atom stereocenters. The summed E-state index contributed by atoms with van der Waals surface area (Å²) in [6.07, 6.45) is -33.6. The minimum Gasteiger partial charge on any atom is -0.394 e. The molecular formula is C26H45NO21. The molecule has 4 fully saturated rings. The van der Waals surface area contributed by atoms with Crippen molar-refractivity contribution in [2.75, 3.05) is 26.4 Å². The molecule has 48 heavy (non-hydrogen) atoms. The van der Waals surface area contributed by atoms with Crippen LogP contribution >= 0.6 is 0 Å². The van der Waals surface area contributed by atoms with Crippen molar-refractivity contribution in [3.05, 3.63) is 0 Å². The zero-order valence-electron chi connectivity index (χ0n) is 25.5. The Kier molecular flexibility index (Phi) is 13.8. The van der Waals surface area contributed by atoms with Crippen molar-refractivity contribution < 1.29 is 104 Å². The van der Waals surface area contributed by atoms with E-state index in [1.54, 1.807) is 0 Å². The first-order chi connectivity index (χ1) is 22.7. The molecule has 22 nitrogen and oxygen atoms in total. The SMILES string of the molecule is CC(=O)N[C@H]1[C@H](O[C@H]2[C@@H](O)[C@@H](CO)OC(O)[C@@H]2O)O[C@H](CO)[C@@H](O[C@@H]2O[C@H](CO)[C@H](O)[C@H](O[C@H]3O[C@H](CO)[C@H](O)[C@H](O)[C@H]3O)[C@H]2O)[C@@H]1O. The molecule has 4 aliphatic rings. The zero-order valence-corrected chi connectivity index (χ0v) is 25.5. The first-order valence-corrected chi connectivity index (χ1v) is 15.1. The third kappa shape index (κ3) is 8.08. The smallest absolute Gasteiger partial charge is 0.217 e. The van der Waals surface area contributed by atoms with Gasteiger partial charge in [0.1, 0.15) is 97.6 Å². The fourth-order valence-electron chi connectivity index (χ4n) is 5.94. The highest BCUT2D eigenvalue weighted by atomic mass is 16.8. The van der Waals surface area contributed by atoms with E-state index in [1.807, 2.05) is 0 Å². The van der Waals surface area contributed by atoms with E-state index in [-0.39, 0.29) is 0 Å². The number of carbonyl (C=O) groups excluding carboxylic acids is 1. The van der Waals surface area contributed by atoms with Gasteiger partial charge in [-0.25, -0.2) is 0 Å². The number of hydrogen-bond donors (Lipinski definition) is 14. The second kappa shape index (κ2) is 16.8. The maximum Gasteiger partial charge on any atom is 0.217 e. The lowest BCUT2D eigenvalue weighted by Crippen LogP contribution is -2.69. The molecule has 20 atom stereocenters. The number of amides is 1. The molecule has 0 spiro atoms. The Bertz CT molecular complexity index is 1030. The van der Waals surface area contributed by atoms with E-state index in [2.05, 4.69) is 5.32 Å². The summed E-state index contributed by atoms with van der Waals surface area (Å²) in [6, 6.07) is -1.59. The lowest BCUT2D eigenvalue weighted by molar-refractivity contribution is -0.381. The van der Waals surface area contributed by atoms with Gasteiger partial charge < -0.3 is 105 Å². The first kappa shape index (κ1) is 39.5. The standard InChI is InChI=1S/C26H45NO21/c1-6(32)27-11-15(36)20(10(5-31)45-24(11)47-21-13(34)8(3-29)42-23(41)18(21)39)46-26-19(40)22(14(35)9(4-30)44-26)48-25-17(38)16(37)12(33)7(2-28)43-25/h7-26,28-31,33-41H,2-5H2,1H3,(H,27,32)/t7-,8-,9-,10-,11-,12+,13+,14+,15-,16+,17-,18-,19-,20-,21+,22+,23?,24+,25-,26+/m1/s1. The summed E-state index contributed by atoms with van der Waals surface area (Å²) >= 11 is 0. The van der Waals surface area contributed by atoms with Crippen molar-refractivity contribution in [2.45, 2.75) is 130 Å². The van der Waals surface area contributed by atoms with Gasteiger partial charge in [-0.15, -0.1) is 0 Å². The van der Waals surface area contributed by atoms with Crippen LogP contribution in [-0.2, 0) is 38.0 Å². The Morgan fingerprint density at radius 2 is 0.938 bits per heavy atom. The van der Waals surface area contributed by atoms with Crippen molar-refractivity contribution in [1.82, 2.24) is 5.32 Å². The Morgan fingerprint density at radius 3 is 1.48 bits per heavy atom. The van der Waals surface area contributed by atoms with Gasteiger partial charge >= 0.3 is 0 Å². The van der Waals surface area contributed by atoms with Crippen LogP contribution < -0.4 is 5.32 Å². The summed E-state index contributed by atoms with van der Waals surface area (Å²) in [4.78, 5) is 12.1. The van der Waals surface area contributed by atoms with Crippen molar-refractivity contribution in [3.8, 4) is 0 Å². The maximum atomic E-state index is 12.1. The van der Waals surface area contributed by atoms with Crippen LogP contribution in [0, 0.1) is 0 Å². The highest BCUT2D eigenvalue weighted by Gasteiger charge is 2.55. The number of aliphatic hydroxyl groups excluding tert-OH is 13. The van der Waals surface area contributed by atoms with Crippen LogP contribution in [0.15, 0.2) is 0 Å². The average Bonchev–Trinajstić information content (AvgIpc) is 3.06. The number of aliphatic hydroxyl groups is 13. The fraction of sp³-hybridized carbons (Fsp3) is 0.962. The molecule has 0 radical (unpaired) electrons. The quantitative estimate of drug-likeness (QED) is 0.0947. The lowest BCUT2D eigenvalue weighted by atomic mass is 9.94. The van der Waals surface area contributed by atoms with E-state index in [4.69, 9.17) is 33.2 Å². The molecule has 4 saturated heterocycles. The predicted octanol–water partition coefficient (Wildman–Crippen LogP) is -9.61. The van der Waals surface area contributed by atoms with Crippen LogP contribution in [0.1, 0.15) is 6.92 Å². The summed E-state index contributed by atoms with van der Waals surface area (Å²) in [6.45, 7) is -2.36. The molecule has 22 heteroatoms. The summed E-state index contributed by atoms with van der Waals surface area (Å²) in [5.74, 6) is -0.746. The molecule has 4 aliphatic heterocycles. The van der Waals surface area contributed by atoms with Crippen LogP contribution in [0.5, 0.6) is 0 Å². The molecule has 0 aromatic heterocycles. The Hall–Kier alpha value is -1.33. The van der Waals surface area contributed by atoms with Crippen LogP contribution in [0.25, 0.3) is 0 Å². The molecule has 0 aromatic rings. The summed E-state index contributed by atoms with van der Waals surface area (Å²) in [5, 5.41) is 136. The van der Waals surface area contributed by atoms with Crippen LogP contribution in [0.2, 0.25) is 0 Å². The van der Waals surface area contributed by atoms with Crippen LogP contribution in [-0.4, -0.2) is 221 Å². The summed E-state index contributed by atoms with van der Waals surface area (Å²) in [5.41, 5.74) is 0. The molecule has 0 aromatic carbocycles. The highest BCUT2D eigenvalue weighted by molar-refractivity contribution is 5.73. The monoisotopic (exact) mass is 707 g/mol. The van der Waals surface area contributed by atoms with E-state index in [9.17, 15) is 71.2 Å². The zero-order chi connectivity index (χ0) is 35.6. The molecule has 4 rings (SSSR count). The highest BCUT2D eigenvalue weighted by Crippen LogP contribution is 2.34. The van der Waals surface area contributed by atoms with Gasteiger partial charge in [0.15, 0.2) is 25.2 Å². The van der Waals surface area contributed by atoms with E-state index >= 15 is 0 Å². The molecule has 0 bridgehead atoms. The molecule has 4 heterocycles. The topological polar surface area (TPSA) is 357 Å². The number of ether oxygens (including phenoxy) is 7. The van der Waals surface area contributed by atoms with Crippen molar-refractivity contribution in [2.24, 2.45) is 0 Å². The third-order valence-corrected chi connectivity index (χ3v) is 8.61. The van der Waals surface area contributed by atoms with Crippen molar-refractivity contribution in [1.29, 1.82) is 0 Å². The van der Waals surface area contributed by atoms with Gasteiger partial charge in [0.05, 0.1) is 26.4 Å².